The Morgan fingerprint density at radius 3 is 1.49 bits per heavy atom. The first kappa shape index (κ1) is 60.5. The number of carbonyl (C=O) groups is 8. The van der Waals surface area contributed by atoms with Gasteiger partial charge in [-0.3, -0.25) is 53.3 Å². The SMILES string of the molecule is CC[C@H](C)[C@H](NC(=O)[C@H](CCCN=C(N)N)NC(=O)[C@H](CCCN=C(N)N)NC(C)=O)C(=O)N[C@@H](CCCN=C(N)N)C(=O)N1CCC[C@H]1C(=O)N[C@@H](CCCCN)C(=O)N[C@@H](CC(C)C)C(N)=O. The Balaban J connectivity index is 3.51. The molecule has 26 heteroatoms. The molecular formula is C43H82N18O8. The van der Waals surface area contributed by atoms with Crippen LogP contribution in [0.1, 0.15) is 118 Å². The Morgan fingerprint density at radius 1 is 0.580 bits per heavy atom. The minimum absolute atomic E-state index is 0.0213. The molecule has 22 N–H and O–H groups in total. The van der Waals surface area contributed by atoms with Gasteiger partial charge in [0.05, 0.1) is 0 Å². The third-order valence-corrected chi connectivity index (χ3v) is 11.4. The maximum atomic E-state index is 14.5. The number of rotatable bonds is 33. The highest BCUT2D eigenvalue weighted by atomic mass is 16.2. The largest absolute Gasteiger partial charge is 0.370 e. The maximum absolute atomic E-state index is 14.5. The van der Waals surface area contributed by atoms with Gasteiger partial charge < -0.3 is 82.7 Å². The molecule has 1 aliphatic rings. The summed E-state index contributed by atoms with van der Waals surface area (Å²) < 4.78 is 0. The summed E-state index contributed by atoms with van der Waals surface area (Å²) in [6, 6.07) is -7.83. The standard InChI is InChI=1S/C43H82N18O8/c1-6-25(4)33(60-37(66)29(15-10-20-53-42(48)49)56-35(64)27(55-26(5)62)14-9-19-52-41(46)47)39(68)58-30(16-11-21-54-43(50)51)40(69)61-22-12-17-32(61)38(67)57-28(13-7-8-18-44)36(65)59-31(34(45)63)23-24(2)3/h24-25,27-33H,6-23,44H2,1-5H3,(H2,45,63)(H,55,62)(H,56,64)(H,57,67)(H,58,68)(H,59,65)(H,60,66)(H4,46,47,52)(H4,48,49,53)(H4,50,51,54)/t25-,27-,28-,29-,30-,31-,32-,33-/m0/s1. The van der Waals surface area contributed by atoms with Crippen molar-refractivity contribution in [2.75, 3.05) is 32.7 Å². The summed E-state index contributed by atoms with van der Waals surface area (Å²) in [5.74, 6) is -6.12. The van der Waals surface area contributed by atoms with Crippen LogP contribution in [0.4, 0.5) is 0 Å². The monoisotopic (exact) mass is 979 g/mol. The van der Waals surface area contributed by atoms with Crippen LogP contribution in [0.2, 0.25) is 0 Å². The summed E-state index contributed by atoms with van der Waals surface area (Å²) in [5, 5.41) is 16.3. The highest BCUT2D eigenvalue weighted by Gasteiger charge is 2.40. The lowest BCUT2D eigenvalue weighted by Gasteiger charge is -2.32. The third kappa shape index (κ3) is 23.9. The second kappa shape index (κ2) is 32.3. The third-order valence-electron chi connectivity index (χ3n) is 11.4. The van der Waals surface area contributed by atoms with Gasteiger partial charge >= 0.3 is 0 Å². The number of nitrogens with two attached hydrogens (primary N) is 8. The molecule has 1 fully saturated rings. The molecule has 0 radical (unpaired) electrons. The maximum Gasteiger partial charge on any atom is 0.245 e. The predicted molar refractivity (Wildman–Crippen MR) is 263 cm³/mol. The van der Waals surface area contributed by atoms with Gasteiger partial charge in [-0.05, 0) is 95.4 Å². The molecule has 8 atom stereocenters. The van der Waals surface area contributed by atoms with Gasteiger partial charge in [-0.25, -0.2) is 0 Å². The number of carbonyl (C=O) groups excluding carboxylic acids is 8. The van der Waals surface area contributed by atoms with E-state index in [0.29, 0.717) is 38.6 Å². The number of amides is 8. The van der Waals surface area contributed by atoms with Gasteiger partial charge in [-0.1, -0.05) is 34.1 Å². The molecule has 392 valence electrons. The molecule has 0 aromatic carbocycles. The van der Waals surface area contributed by atoms with Crippen LogP contribution >= 0.6 is 0 Å². The zero-order valence-corrected chi connectivity index (χ0v) is 41.1. The van der Waals surface area contributed by atoms with Crippen molar-refractivity contribution < 1.29 is 38.4 Å². The van der Waals surface area contributed by atoms with Crippen molar-refractivity contribution in [3.05, 3.63) is 0 Å². The fourth-order valence-corrected chi connectivity index (χ4v) is 7.56. The molecule has 69 heavy (non-hydrogen) atoms. The minimum atomic E-state index is -1.24. The van der Waals surface area contributed by atoms with Crippen molar-refractivity contribution in [1.82, 2.24) is 36.8 Å². The lowest BCUT2D eigenvalue weighted by atomic mass is 9.96. The quantitative estimate of drug-likeness (QED) is 0.0168. The fraction of sp³-hybridized carbons (Fsp3) is 0.744. The summed E-state index contributed by atoms with van der Waals surface area (Å²) in [7, 11) is 0. The van der Waals surface area contributed by atoms with E-state index in [2.05, 4.69) is 46.9 Å². The van der Waals surface area contributed by atoms with Crippen molar-refractivity contribution in [1.29, 1.82) is 0 Å². The molecule has 1 aliphatic heterocycles. The molecule has 0 aliphatic carbocycles. The smallest absolute Gasteiger partial charge is 0.245 e. The molecule has 26 nitrogen and oxygen atoms in total. The first-order chi connectivity index (χ1) is 32.5. The second-order valence-electron chi connectivity index (χ2n) is 17.7. The highest BCUT2D eigenvalue weighted by molar-refractivity contribution is 5.98. The summed E-state index contributed by atoms with van der Waals surface area (Å²) in [6.45, 7) is 9.42. The van der Waals surface area contributed by atoms with Crippen molar-refractivity contribution in [2.45, 2.75) is 160 Å². The zero-order chi connectivity index (χ0) is 52.2. The number of nitrogens with zero attached hydrogens (tertiary/aromatic N) is 4. The van der Waals surface area contributed by atoms with Gasteiger partial charge in [0.15, 0.2) is 17.9 Å². The predicted octanol–water partition coefficient (Wildman–Crippen LogP) is -4.23. The summed E-state index contributed by atoms with van der Waals surface area (Å²) in [6.07, 6.45) is 3.56. The minimum Gasteiger partial charge on any atom is -0.370 e. The van der Waals surface area contributed by atoms with Crippen LogP contribution in [0.25, 0.3) is 0 Å². The lowest BCUT2D eigenvalue weighted by molar-refractivity contribution is -0.143. The second-order valence-corrected chi connectivity index (χ2v) is 17.7. The van der Waals surface area contributed by atoms with E-state index in [-0.39, 0.29) is 101 Å². The first-order valence-corrected chi connectivity index (χ1v) is 23.8. The van der Waals surface area contributed by atoms with E-state index in [1.165, 1.54) is 11.8 Å². The van der Waals surface area contributed by atoms with Gasteiger partial charge in [0.25, 0.3) is 0 Å². The van der Waals surface area contributed by atoms with E-state index in [9.17, 15) is 38.4 Å². The van der Waals surface area contributed by atoms with E-state index in [4.69, 9.17) is 45.9 Å². The van der Waals surface area contributed by atoms with Crippen LogP contribution in [0, 0.1) is 11.8 Å². The van der Waals surface area contributed by atoms with E-state index in [1.54, 1.807) is 13.8 Å². The number of guanidine groups is 3. The molecule has 1 saturated heterocycles. The van der Waals surface area contributed by atoms with E-state index in [1.807, 2.05) is 13.8 Å². The first-order valence-electron chi connectivity index (χ1n) is 23.8. The summed E-state index contributed by atoms with van der Waals surface area (Å²) in [5.41, 5.74) is 44.2. The fourth-order valence-electron chi connectivity index (χ4n) is 7.56. The summed E-state index contributed by atoms with van der Waals surface area (Å²) >= 11 is 0. The summed E-state index contributed by atoms with van der Waals surface area (Å²) in [4.78, 5) is 122. The van der Waals surface area contributed by atoms with Gasteiger partial charge in [-0.2, -0.15) is 0 Å². The molecule has 0 bridgehead atoms. The molecule has 1 rings (SSSR count). The molecule has 8 amide bonds. The molecular weight excluding hydrogens is 897 g/mol. The van der Waals surface area contributed by atoms with E-state index < -0.39 is 95.5 Å². The topological polar surface area (TPSA) is 457 Å². The van der Waals surface area contributed by atoms with Crippen molar-refractivity contribution in [2.24, 2.45) is 72.7 Å². The van der Waals surface area contributed by atoms with Crippen molar-refractivity contribution in [3.8, 4) is 0 Å². The van der Waals surface area contributed by atoms with Gasteiger partial charge in [0, 0.05) is 33.1 Å². The number of unbranched alkanes of at least 4 members (excludes halogenated alkanes) is 1. The normalized spacial score (nSPS) is 16.2. The number of aliphatic imine (C=N–C) groups is 3. The average Bonchev–Trinajstić information content (AvgIpc) is 3.77. The molecule has 1 heterocycles. The number of hydrogen-bond donors (Lipinski definition) is 14. The molecule has 0 aromatic heterocycles. The Morgan fingerprint density at radius 2 is 1.03 bits per heavy atom. The number of hydrogen-bond acceptors (Lipinski definition) is 12. The molecule has 0 aromatic rings. The van der Waals surface area contributed by atoms with Crippen LogP contribution in [0.15, 0.2) is 15.0 Å². The average molecular weight is 979 g/mol. The van der Waals surface area contributed by atoms with Crippen molar-refractivity contribution >= 4 is 65.1 Å². The van der Waals surface area contributed by atoms with Gasteiger partial charge in [-0.15, -0.1) is 0 Å². The van der Waals surface area contributed by atoms with Crippen LogP contribution in [0.3, 0.4) is 0 Å². The van der Waals surface area contributed by atoms with Crippen LogP contribution in [-0.4, -0.2) is 145 Å². The van der Waals surface area contributed by atoms with E-state index >= 15 is 0 Å². The Hall–Kier alpha value is -6.47. The molecule has 0 saturated carbocycles. The van der Waals surface area contributed by atoms with Gasteiger partial charge in [0.2, 0.25) is 47.3 Å². The number of primary amides is 1. The van der Waals surface area contributed by atoms with Crippen molar-refractivity contribution in [3.63, 3.8) is 0 Å². The van der Waals surface area contributed by atoms with Crippen LogP contribution in [-0.2, 0) is 38.4 Å². The lowest BCUT2D eigenvalue weighted by Crippen LogP contribution is -2.60. The van der Waals surface area contributed by atoms with Crippen LogP contribution in [0.5, 0.6) is 0 Å². The number of likely N-dealkylation sites (tertiary alicyclic amines) is 1. The van der Waals surface area contributed by atoms with Crippen LogP contribution < -0.4 is 77.8 Å². The number of nitrogens with one attached hydrogen (secondary N) is 6. The Bertz CT molecular complexity index is 1780. The van der Waals surface area contributed by atoms with Gasteiger partial charge in [0.1, 0.15) is 42.3 Å². The zero-order valence-electron chi connectivity index (χ0n) is 41.1. The molecule has 0 unspecified atom stereocenters. The highest BCUT2D eigenvalue weighted by Crippen LogP contribution is 2.21. The van der Waals surface area contributed by atoms with E-state index in [0.717, 1.165) is 0 Å². The Kier molecular flexibility index (Phi) is 28.4. The molecule has 0 spiro atoms. The Labute approximate surface area is 405 Å².